The van der Waals surface area contributed by atoms with Crippen molar-refractivity contribution in [1.82, 2.24) is 4.98 Å². The van der Waals surface area contributed by atoms with Crippen molar-refractivity contribution in [3.05, 3.63) is 47.2 Å². The number of amides is 2. The largest absolute Gasteiger partial charge is 0.326 e. The minimum atomic E-state index is -0.141. The van der Waals surface area contributed by atoms with E-state index in [0.29, 0.717) is 6.54 Å². The third-order valence-corrected chi connectivity index (χ3v) is 5.33. The van der Waals surface area contributed by atoms with Crippen molar-refractivity contribution in [2.45, 2.75) is 38.6 Å². The fourth-order valence-electron chi connectivity index (χ4n) is 3.10. The lowest BCUT2D eigenvalue weighted by Gasteiger charge is -2.30. The highest BCUT2D eigenvalue weighted by molar-refractivity contribution is 7.99. The molecule has 0 radical (unpaired) electrons. The molecule has 0 saturated heterocycles. The summed E-state index contributed by atoms with van der Waals surface area (Å²) in [6.07, 6.45) is 0.361. The molecule has 0 fully saturated rings. The standard InChI is InChI=1S/C20H23N3O2S/c1-13-6-4-5-7-16(13)22-17(24)8-9-18(25)23-10-11-26-20-19(23)14(2)12-15(3)21-20/h4-7,12H,8-11H2,1-3H3,(H,22,24). The Morgan fingerprint density at radius 3 is 2.69 bits per heavy atom. The number of benzene rings is 1. The number of hydrogen-bond acceptors (Lipinski definition) is 4. The molecule has 6 heteroatoms. The lowest BCUT2D eigenvalue weighted by Crippen LogP contribution is -2.36. The highest BCUT2D eigenvalue weighted by atomic mass is 32.2. The van der Waals surface area contributed by atoms with Gasteiger partial charge in [-0.2, -0.15) is 0 Å². The normalized spacial score (nSPS) is 13.3. The molecule has 0 spiro atoms. The number of thioether (sulfide) groups is 1. The van der Waals surface area contributed by atoms with Crippen LogP contribution in [0.3, 0.4) is 0 Å². The van der Waals surface area contributed by atoms with Crippen LogP contribution in [0.15, 0.2) is 35.4 Å². The van der Waals surface area contributed by atoms with Crippen LogP contribution in [0.25, 0.3) is 0 Å². The third-order valence-electron chi connectivity index (χ3n) is 4.39. The summed E-state index contributed by atoms with van der Waals surface area (Å²) in [5, 5.41) is 3.79. The van der Waals surface area contributed by atoms with E-state index in [1.165, 1.54) is 0 Å². The lowest BCUT2D eigenvalue weighted by atomic mass is 10.1. The van der Waals surface area contributed by atoms with Crippen LogP contribution in [0.1, 0.15) is 29.7 Å². The number of hydrogen-bond donors (Lipinski definition) is 1. The van der Waals surface area contributed by atoms with Crippen molar-refractivity contribution >= 4 is 35.0 Å². The molecule has 26 heavy (non-hydrogen) atoms. The summed E-state index contributed by atoms with van der Waals surface area (Å²) in [6, 6.07) is 9.62. The van der Waals surface area contributed by atoms with Gasteiger partial charge in [0, 0.05) is 36.5 Å². The summed E-state index contributed by atoms with van der Waals surface area (Å²) < 4.78 is 0. The minimum absolute atomic E-state index is 0.0276. The van der Waals surface area contributed by atoms with E-state index in [9.17, 15) is 9.59 Å². The number of aromatic nitrogens is 1. The van der Waals surface area contributed by atoms with E-state index in [2.05, 4.69) is 10.3 Å². The first-order chi connectivity index (χ1) is 12.5. The number of nitrogens with zero attached hydrogens (tertiary/aromatic N) is 2. The maximum absolute atomic E-state index is 12.7. The summed E-state index contributed by atoms with van der Waals surface area (Å²) in [5.41, 5.74) is 4.71. The Kier molecular flexibility index (Phi) is 5.61. The van der Waals surface area contributed by atoms with Gasteiger partial charge in [0.2, 0.25) is 11.8 Å². The molecule has 2 aromatic rings. The second kappa shape index (κ2) is 7.91. The number of rotatable bonds is 4. The predicted octanol–water partition coefficient (Wildman–Crippen LogP) is 3.86. The Balaban J connectivity index is 1.65. The zero-order chi connectivity index (χ0) is 18.7. The van der Waals surface area contributed by atoms with Crippen molar-refractivity contribution in [2.24, 2.45) is 0 Å². The van der Waals surface area contributed by atoms with Gasteiger partial charge in [0.1, 0.15) is 5.03 Å². The number of nitrogens with one attached hydrogen (secondary N) is 1. The van der Waals surface area contributed by atoms with Gasteiger partial charge in [-0.1, -0.05) is 18.2 Å². The van der Waals surface area contributed by atoms with E-state index in [1.54, 1.807) is 16.7 Å². The Hall–Kier alpha value is -2.34. The molecular formula is C20H23N3O2S. The number of pyridine rings is 1. The molecule has 1 aromatic carbocycles. The number of carbonyl (C=O) groups is 2. The zero-order valence-corrected chi connectivity index (χ0v) is 16.2. The first-order valence-electron chi connectivity index (χ1n) is 8.72. The zero-order valence-electron chi connectivity index (χ0n) is 15.3. The first kappa shape index (κ1) is 18.5. The Bertz CT molecular complexity index is 851. The van der Waals surface area contributed by atoms with Crippen molar-refractivity contribution in [2.75, 3.05) is 22.5 Å². The number of aryl methyl sites for hydroxylation is 3. The second-order valence-corrected chi connectivity index (χ2v) is 7.57. The molecule has 0 saturated carbocycles. The average Bonchev–Trinajstić information content (AvgIpc) is 2.61. The molecule has 0 atom stereocenters. The lowest BCUT2D eigenvalue weighted by molar-refractivity contribution is -0.122. The third kappa shape index (κ3) is 4.07. The number of para-hydroxylation sites is 1. The van der Waals surface area contributed by atoms with Gasteiger partial charge >= 0.3 is 0 Å². The molecule has 0 unspecified atom stereocenters. The summed E-state index contributed by atoms with van der Waals surface area (Å²) in [4.78, 5) is 31.3. The van der Waals surface area contributed by atoms with Gasteiger partial charge in [-0.15, -0.1) is 11.8 Å². The Labute approximate surface area is 158 Å². The van der Waals surface area contributed by atoms with Crippen molar-refractivity contribution in [3.63, 3.8) is 0 Å². The summed E-state index contributed by atoms with van der Waals surface area (Å²) >= 11 is 1.68. The van der Waals surface area contributed by atoms with Gasteiger partial charge in [0.15, 0.2) is 0 Å². The first-order valence-corrected chi connectivity index (χ1v) is 9.71. The molecule has 136 valence electrons. The van der Waals surface area contributed by atoms with Crippen molar-refractivity contribution < 1.29 is 9.59 Å². The predicted molar refractivity (Wildman–Crippen MR) is 106 cm³/mol. The summed E-state index contributed by atoms with van der Waals surface area (Å²) in [7, 11) is 0. The smallest absolute Gasteiger partial charge is 0.227 e. The van der Waals surface area contributed by atoms with Gasteiger partial charge < -0.3 is 10.2 Å². The average molecular weight is 369 g/mol. The van der Waals surface area contributed by atoms with E-state index < -0.39 is 0 Å². The van der Waals surface area contributed by atoms with E-state index >= 15 is 0 Å². The van der Waals surface area contributed by atoms with Gasteiger partial charge in [0.05, 0.1) is 5.69 Å². The fraction of sp³-hybridized carbons (Fsp3) is 0.350. The van der Waals surface area contributed by atoms with Crippen LogP contribution in [0, 0.1) is 20.8 Å². The second-order valence-electron chi connectivity index (χ2n) is 6.49. The van der Waals surface area contributed by atoms with Gasteiger partial charge in [-0.25, -0.2) is 4.98 Å². The van der Waals surface area contributed by atoms with Crippen LogP contribution in [0.2, 0.25) is 0 Å². The molecule has 1 N–H and O–H groups in total. The monoisotopic (exact) mass is 369 g/mol. The van der Waals surface area contributed by atoms with Gasteiger partial charge in [-0.3, -0.25) is 9.59 Å². The summed E-state index contributed by atoms with van der Waals surface area (Å²) in [6.45, 7) is 6.57. The van der Waals surface area contributed by atoms with E-state index in [4.69, 9.17) is 0 Å². The van der Waals surface area contributed by atoms with Crippen LogP contribution in [-0.4, -0.2) is 29.1 Å². The minimum Gasteiger partial charge on any atom is -0.326 e. The van der Waals surface area contributed by atoms with E-state index in [-0.39, 0.29) is 24.7 Å². The van der Waals surface area contributed by atoms with E-state index in [1.807, 2.05) is 51.1 Å². The molecule has 1 aromatic heterocycles. The maximum Gasteiger partial charge on any atom is 0.227 e. The Morgan fingerprint density at radius 1 is 1.15 bits per heavy atom. The van der Waals surface area contributed by atoms with E-state index in [0.717, 1.165) is 39.0 Å². The number of carbonyl (C=O) groups excluding carboxylic acids is 2. The molecular weight excluding hydrogens is 346 g/mol. The number of fused-ring (bicyclic) bond motifs is 1. The fourth-order valence-corrected chi connectivity index (χ4v) is 4.18. The van der Waals surface area contributed by atoms with Crippen LogP contribution < -0.4 is 10.2 Å². The molecule has 1 aliphatic heterocycles. The summed E-state index contributed by atoms with van der Waals surface area (Å²) in [5.74, 6) is 0.655. The maximum atomic E-state index is 12.7. The molecule has 0 aliphatic carbocycles. The van der Waals surface area contributed by atoms with Gasteiger partial charge in [0.25, 0.3) is 0 Å². The van der Waals surface area contributed by atoms with Crippen molar-refractivity contribution in [3.8, 4) is 0 Å². The Morgan fingerprint density at radius 2 is 1.92 bits per heavy atom. The molecule has 0 bridgehead atoms. The highest BCUT2D eigenvalue weighted by Gasteiger charge is 2.26. The van der Waals surface area contributed by atoms with Crippen LogP contribution in [0.5, 0.6) is 0 Å². The quantitative estimate of drug-likeness (QED) is 0.889. The topological polar surface area (TPSA) is 62.3 Å². The number of anilines is 2. The SMILES string of the molecule is Cc1cc(C)c2c(n1)SCCN2C(=O)CCC(=O)Nc1ccccc1C. The van der Waals surface area contributed by atoms with Crippen molar-refractivity contribution in [1.29, 1.82) is 0 Å². The molecule has 3 rings (SSSR count). The molecule has 2 heterocycles. The van der Waals surface area contributed by atoms with Crippen LogP contribution >= 0.6 is 11.8 Å². The highest BCUT2D eigenvalue weighted by Crippen LogP contribution is 2.36. The van der Waals surface area contributed by atoms with Crippen LogP contribution in [-0.2, 0) is 9.59 Å². The van der Waals surface area contributed by atoms with Gasteiger partial charge in [-0.05, 0) is 44.0 Å². The van der Waals surface area contributed by atoms with Crippen LogP contribution in [0.4, 0.5) is 11.4 Å². The molecule has 1 aliphatic rings. The molecule has 2 amide bonds. The molecule has 5 nitrogen and oxygen atoms in total.